The van der Waals surface area contributed by atoms with E-state index in [-0.39, 0.29) is 5.91 Å². The predicted octanol–water partition coefficient (Wildman–Crippen LogP) is 3.92. The Morgan fingerprint density at radius 3 is 2.46 bits per heavy atom. The molecule has 0 spiro atoms. The number of carbonyl (C=O) groups is 1. The Balaban J connectivity index is 1.89. The number of rotatable bonds is 5. The van der Waals surface area contributed by atoms with Gasteiger partial charge in [0, 0.05) is 18.5 Å². The van der Waals surface area contributed by atoms with Crippen LogP contribution in [0.2, 0.25) is 0 Å². The second-order valence-corrected chi connectivity index (χ2v) is 5.62. The fourth-order valence-electron chi connectivity index (χ4n) is 2.35. The molecule has 122 valence electrons. The van der Waals surface area contributed by atoms with Crippen molar-refractivity contribution in [1.29, 1.82) is 0 Å². The zero-order valence-electron chi connectivity index (χ0n) is 13.9. The Hall–Kier alpha value is -2.95. The van der Waals surface area contributed by atoms with Crippen LogP contribution in [-0.2, 0) is 6.54 Å². The molecule has 5 heteroatoms. The first kappa shape index (κ1) is 15.9. The highest BCUT2D eigenvalue weighted by Gasteiger charge is 2.15. The Bertz CT molecular complexity index is 822. The Morgan fingerprint density at radius 2 is 1.79 bits per heavy atom. The fraction of sp³-hybridized carbons (Fsp3) is 0.211. The summed E-state index contributed by atoms with van der Waals surface area (Å²) in [5, 5.41) is 7.60. The zero-order valence-corrected chi connectivity index (χ0v) is 13.9. The van der Waals surface area contributed by atoms with Gasteiger partial charge in [-0.3, -0.25) is 4.79 Å². The second kappa shape index (κ2) is 7.08. The molecule has 24 heavy (non-hydrogen) atoms. The van der Waals surface area contributed by atoms with E-state index in [9.17, 15) is 4.79 Å². The van der Waals surface area contributed by atoms with Gasteiger partial charge in [0.25, 0.3) is 0 Å². The van der Waals surface area contributed by atoms with Crippen LogP contribution in [0.25, 0.3) is 11.4 Å². The summed E-state index contributed by atoms with van der Waals surface area (Å²) in [4.78, 5) is 16.7. The standard InChI is InChI=1S/C19H20N4O/c1-3-17(24)23-19(20-13-15-7-5-4-6-8-15)21-18(22-23)16-11-9-14(2)10-12-16/h4-12H,3,13H2,1-2H3,(H,20,21,22). The number of carbonyl (C=O) groups excluding carboxylic acids is 1. The van der Waals surface area contributed by atoms with Gasteiger partial charge in [0.05, 0.1) is 0 Å². The molecule has 0 saturated heterocycles. The zero-order chi connectivity index (χ0) is 16.9. The summed E-state index contributed by atoms with van der Waals surface area (Å²) in [6, 6.07) is 17.9. The van der Waals surface area contributed by atoms with Crippen molar-refractivity contribution in [3.05, 3.63) is 65.7 Å². The van der Waals surface area contributed by atoms with Crippen LogP contribution in [0.3, 0.4) is 0 Å². The van der Waals surface area contributed by atoms with Gasteiger partial charge in [0.1, 0.15) is 0 Å². The van der Waals surface area contributed by atoms with E-state index in [0.29, 0.717) is 24.7 Å². The quantitative estimate of drug-likeness (QED) is 0.774. The van der Waals surface area contributed by atoms with Gasteiger partial charge >= 0.3 is 0 Å². The van der Waals surface area contributed by atoms with Crippen LogP contribution >= 0.6 is 0 Å². The van der Waals surface area contributed by atoms with Crippen LogP contribution in [0.15, 0.2) is 54.6 Å². The average molecular weight is 320 g/mol. The van der Waals surface area contributed by atoms with Gasteiger partial charge in [-0.2, -0.15) is 9.67 Å². The van der Waals surface area contributed by atoms with Crippen molar-refractivity contribution in [1.82, 2.24) is 14.8 Å². The molecule has 2 aromatic carbocycles. The number of hydrogen-bond donors (Lipinski definition) is 1. The predicted molar refractivity (Wildman–Crippen MR) is 94.9 cm³/mol. The lowest BCUT2D eigenvalue weighted by atomic mass is 10.1. The molecule has 0 saturated carbocycles. The summed E-state index contributed by atoms with van der Waals surface area (Å²) in [5.41, 5.74) is 3.18. The molecule has 0 unspecified atom stereocenters. The first-order chi connectivity index (χ1) is 11.7. The minimum Gasteiger partial charge on any atom is -0.350 e. The van der Waals surface area contributed by atoms with Crippen LogP contribution in [-0.4, -0.2) is 20.7 Å². The van der Waals surface area contributed by atoms with Gasteiger partial charge in [-0.15, -0.1) is 5.10 Å². The van der Waals surface area contributed by atoms with Crippen molar-refractivity contribution in [3.63, 3.8) is 0 Å². The maximum absolute atomic E-state index is 12.2. The molecule has 5 nitrogen and oxygen atoms in total. The van der Waals surface area contributed by atoms with Crippen LogP contribution in [0.5, 0.6) is 0 Å². The van der Waals surface area contributed by atoms with Crippen molar-refractivity contribution >= 4 is 11.9 Å². The maximum atomic E-state index is 12.2. The van der Waals surface area contributed by atoms with Gasteiger partial charge in [-0.05, 0) is 12.5 Å². The third-order valence-corrected chi connectivity index (χ3v) is 3.75. The molecule has 0 atom stereocenters. The van der Waals surface area contributed by atoms with Crippen LogP contribution in [0.4, 0.5) is 5.95 Å². The third-order valence-electron chi connectivity index (χ3n) is 3.75. The molecule has 1 N–H and O–H groups in total. The molecule has 0 aliphatic rings. The van der Waals surface area contributed by atoms with Crippen LogP contribution in [0.1, 0.15) is 29.3 Å². The van der Waals surface area contributed by atoms with Crippen molar-refractivity contribution in [2.24, 2.45) is 0 Å². The van der Waals surface area contributed by atoms with Gasteiger partial charge in [0.15, 0.2) is 5.82 Å². The summed E-state index contributed by atoms with van der Waals surface area (Å²) in [7, 11) is 0. The van der Waals surface area contributed by atoms with Crippen molar-refractivity contribution < 1.29 is 4.79 Å². The van der Waals surface area contributed by atoms with Crippen molar-refractivity contribution in [2.75, 3.05) is 5.32 Å². The molecule has 0 fully saturated rings. The van der Waals surface area contributed by atoms with E-state index in [1.54, 1.807) is 0 Å². The number of aryl methyl sites for hydroxylation is 1. The fourth-order valence-corrected chi connectivity index (χ4v) is 2.35. The number of anilines is 1. The lowest BCUT2D eigenvalue weighted by molar-refractivity contribution is 0.0895. The molecule has 0 aliphatic carbocycles. The van der Waals surface area contributed by atoms with Crippen LogP contribution in [0, 0.1) is 6.92 Å². The van der Waals surface area contributed by atoms with Crippen molar-refractivity contribution in [3.8, 4) is 11.4 Å². The molecule has 0 amide bonds. The summed E-state index contributed by atoms with van der Waals surface area (Å²) < 4.78 is 1.36. The second-order valence-electron chi connectivity index (χ2n) is 5.62. The number of nitrogens with zero attached hydrogens (tertiary/aromatic N) is 3. The summed E-state index contributed by atoms with van der Waals surface area (Å²) >= 11 is 0. The van der Waals surface area contributed by atoms with E-state index in [0.717, 1.165) is 11.1 Å². The molecule has 0 radical (unpaired) electrons. The smallest absolute Gasteiger partial charge is 0.249 e. The van der Waals surface area contributed by atoms with E-state index in [4.69, 9.17) is 0 Å². The number of nitrogens with one attached hydrogen (secondary N) is 1. The average Bonchev–Trinajstić information content (AvgIpc) is 3.05. The molecular formula is C19H20N4O. The molecule has 1 aromatic heterocycles. The third kappa shape index (κ3) is 3.51. The molecule has 0 aliphatic heterocycles. The summed E-state index contributed by atoms with van der Waals surface area (Å²) in [6.45, 7) is 4.43. The highest BCUT2D eigenvalue weighted by Crippen LogP contribution is 2.19. The first-order valence-electron chi connectivity index (χ1n) is 8.02. The lowest BCUT2D eigenvalue weighted by Gasteiger charge is -2.06. The maximum Gasteiger partial charge on any atom is 0.249 e. The Morgan fingerprint density at radius 1 is 1.08 bits per heavy atom. The largest absolute Gasteiger partial charge is 0.350 e. The number of benzene rings is 2. The Kier molecular flexibility index (Phi) is 4.70. The van der Waals surface area contributed by atoms with E-state index in [1.807, 2.05) is 68.4 Å². The topological polar surface area (TPSA) is 59.8 Å². The van der Waals surface area contributed by atoms with Gasteiger partial charge in [-0.1, -0.05) is 67.1 Å². The highest BCUT2D eigenvalue weighted by atomic mass is 16.2. The minimum atomic E-state index is -0.0866. The van der Waals surface area contributed by atoms with Gasteiger partial charge < -0.3 is 5.32 Å². The van der Waals surface area contributed by atoms with E-state index in [1.165, 1.54) is 10.2 Å². The first-order valence-corrected chi connectivity index (χ1v) is 8.02. The van der Waals surface area contributed by atoms with E-state index >= 15 is 0 Å². The van der Waals surface area contributed by atoms with Gasteiger partial charge in [0.2, 0.25) is 11.9 Å². The monoisotopic (exact) mass is 320 g/mol. The lowest BCUT2D eigenvalue weighted by Crippen LogP contribution is -2.15. The molecule has 3 rings (SSSR count). The summed E-state index contributed by atoms with van der Waals surface area (Å²) in [6.07, 6.45) is 0.372. The van der Waals surface area contributed by atoms with E-state index < -0.39 is 0 Å². The van der Waals surface area contributed by atoms with E-state index in [2.05, 4.69) is 15.4 Å². The highest BCUT2D eigenvalue weighted by molar-refractivity contribution is 5.81. The molecule has 3 aromatic rings. The SMILES string of the molecule is CCC(=O)n1nc(-c2ccc(C)cc2)nc1NCc1ccccc1. The Labute approximate surface area is 141 Å². The van der Waals surface area contributed by atoms with Crippen molar-refractivity contribution in [2.45, 2.75) is 26.8 Å². The molecule has 1 heterocycles. The summed E-state index contributed by atoms with van der Waals surface area (Å²) in [5.74, 6) is 0.935. The molecular weight excluding hydrogens is 300 g/mol. The number of aromatic nitrogens is 3. The minimum absolute atomic E-state index is 0.0866. The number of hydrogen-bond acceptors (Lipinski definition) is 4. The van der Waals surface area contributed by atoms with Crippen LogP contribution < -0.4 is 5.32 Å². The normalized spacial score (nSPS) is 10.6. The molecule has 0 bridgehead atoms. The van der Waals surface area contributed by atoms with Gasteiger partial charge in [-0.25, -0.2) is 0 Å².